The maximum Gasteiger partial charge on any atom is 0.151 e. The molecular weight excluding hydrogens is 296 g/mol. The van der Waals surface area contributed by atoms with E-state index in [2.05, 4.69) is 21.2 Å². The first-order valence-electron chi connectivity index (χ1n) is 5.92. The molecule has 18 heavy (non-hydrogen) atoms. The van der Waals surface area contributed by atoms with Gasteiger partial charge in [0, 0.05) is 34.1 Å². The monoisotopic (exact) mass is 310 g/mol. The molecule has 1 saturated heterocycles. The summed E-state index contributed by atoms with van der Waals surface area (Å²) in [6, 6.07) is 3.51. The van der Waals surface area contributed by atoms with E-state index >= 15 is 0 Å². The van der Waals surface area contributed by atoms with Crippen LogP contribution in [-0.4, -0.2) is 25.3 Å². The fourth-order valence-corrected chi connectivity index (χ4v) is 2.42. The van der Waals surface area contributed by atoms with Crippen molar-refractivity contribution in [2.45, 2.75) is 25.5 Å². The van der Waals surface area contributed by atoms with Crippen molar-refractivity contribution in [3.8, 4) is 0 Å². The minimum Gasteiger partial charge on any atom is -0.360 e. The van der Waals surface area contributed by atoms with Crippen LogP contribution >= 0.6 is 15.9 Å². The van der Waals surface area contributed by atoms with Gasteiger partial charge in [-0.05, 0) is 31.4 Å². The van der Waals surface area contributed by atoms with Gasteiger partial charge in [-0.25, -0.2) is 0 Å². The normalized spacial score (nSPS) is 19.3. The van der Waals surface area contributed by atoms with Crippen LogP contribution in [0, 0.1) is 5.41 Å². The van der Waals surface area contributed by atoms with Crippen molar-refractivity contribution in [2.75, 3.05) is 11.9 Å². The fourth-order valence-electron chi connectivity index (χ4n) is 1.97. The molecule has 0 saturated carbocycles. The average molecular weight is 311 g/mol. The van der Waals surface area contributed by atoms with E-state index in [1.54, 1.807) is 12.1 Å². The number of anilines is 1. The molecule has 2 N–H and O–H groups in total. The van der Waals surface area contributed by atoms with Gasteiger partial charge < -0.3 is 15.5 Å². The average Bonchev–Trinajstić information content (AvgIpc) is 2.41. The number of carbonyl (C=O) groups excluding carboxylic acids is 1. The summed E-state index contributed by atoms with van der Waals surface area (Å²) in [5.74, 6) is 0. The summed E-state index contributed by atoms with van der Waals surface area (Å²) >= 11 is 3.31. The smallest absolute Gasteiger partial charge is 0.151 e. The molecule has 2 rings (SSSR count). The predicted molar refractivity (Wildman–Crippen MR) is 74.6 cm³/mol. The molecular formula is C13H15BrN2O2. The van der Waals surface area contributed by atoms with Gasteiger partial charge >= 0.3 is 0 Å². The lowest BCUT2D eigenvalue weighted by Gasteiger charge is -2.25. The molecule has 0 bridgehead atoms. The number of carbonyl (C=O) groups is 1. The Morgan fingerprint density at radius 3 is 2.83 bits per heavy atom. The zero-order valence-corrected chi connectivity index (χ0v) is 11.5. The molecule has 0 aliphatic carbocycles. The van der Waals surface area contributed by atoms with E-state index in [-0.39, 0.29) is 6.23 Å². The van der Waals surface area contributed by atoms with Crippen molar-refractivity contribution in [2.24, 2.45) is 0 Å². The third-order valence-corrected chi connectivity index (χ3v) is 3.63. The molecule has 0 spiro atoms. The summed E-state index contributed by atoms with van der Waals surface area (Å²) in [5.41, 5.74) is 2.07. The van der Waals surface area contributed by atoms with Crippen LogP contribution in [0.1, 0.15) is 35.2 Å². The molecule has 1 fully saturated rings. The molecule has 0 aromatic heterocycles. The first-order valence-corrected chi connectivity index (χ1v) is 6.71. The summed E-state index contributed by atoms with van der Waals surface area (Å²) in [5, 5.41) is 10.7. The van der Waals surface area contributed by atoms with E-state index < -0.39 is 0 Å². The lowest BCUT2D eigenvalue weighted by atomic mass is 10.1. The molecule has 1 aromatic carbocycles. The highest BCUT2D eigenvalue weighted by atomic mass is 79.9. The van der Waals surface area contributed by atoms with Gasteiger partial charge in [0.1, 0.15) is 6.23 Å². The second-order valence-electron chi connectivity index (χ2n) is 4.22. The first kappa shape index (κ1) is 13.2. The summed E-state index contributed by atoms with van der Waals surface area (Å²) in [6.07, 6.45) is 5.21. The van der Waals surface area contributed by atoms with Crippen molar-refractivity contribution in [1.29, 1.82) is 5.41 Å². The molecule has 1 unspecified atom stereocenters. The van der Waals surface area contributed by atoms with Crippen molar-refractivity contribution in [3.05, 3.63) is 27.7 Å². The van der Waals surface area contributed by atoms with Crippen LogP contribution in [0.25, 0.3) is 0 Å². The highest BCUT2D eigenvalue weighted by Crippen LogP contribution is 2.25. The van der Waals surface area contributed by atoms with E-state index in [0.717, 1.165) is 43.4 Å². The van der Waals surface area contributed by atoms with E-state index in [0.29, 0.717) is 10.0 Å². The minimum absolute atomic E-state index is 0.0295. The summed E-state index contributed by atoms with van der Waals surface area (Å²) < 4.78 is 6.30. The Balaban J connectivity index is 2.24. The zero-order valence-electron chi connectivity index (χ0n) is 9.91. The predicted octanol–water partition coefficient (Wildman–Crippen LogP) is 3.20. The number of aldehydes is 1. The van der Waals surface area contributed by atoms with Gasteiger partial charge in [-0.3, -0.25) is 4.79 Å². The Morgan fingerprint density at radius 1 is 1.39 bits per heavy atom. The van der Waals surface area contributed by atoms with Crippen molar-refractivity contribution < 1.29 is 9.53 Å². The van der Waals surface area contributed by atoms with Gasteiger partial charge in [0.05, 0.1) is 0 Å². The minimum atomic E-state index is -0.0295. The van der Waals surface area contributed by atoms with Gasteiger partial charge in [-0.1, -0.05) is 15.9 Å². The molecule has 1 atom stereocenters. The van der Waals surface area contributed by atoms with Gasteiger partial charge in [0.15, 0.2) is 6.29 Å². The number of hydrogen-bond acceptors (Lipinski definition) is 4. The number of halogens is 1. The topological polar surface area (TPSA) is 62.2 Å². The van der Waals surface area contributed by atoms with Crippen molar-refractivity contribution >= 4 is 34.1 Å². The maximum atomic E-state index is 10.9. The Hall–Kier alpha value is -1.20. The SMILES string of the molecule is N=Cc1cc(Br)c(C=O)cc1NC1CCCCO1. The lowest BCUT2D eigenvalue weighted by Crippen LogP contribution is -2.27. The Kier molecular flexibility index (Phi) is 4.49. The number of benzene rings is 1. The summed E-state index contributed by atoms with van der Waals surface area (Å²) in [4.78, 5) is 10.9. The van der Waals surface area contributed by atoms with Crippen LogP contribution in [0.3, 0.4) is 0 Å². The van der Waals surface area contributed by atoms with E-state index in [9.17, 15) is 4.79 Å². The number of ether oxygens (including phenoxy) is 1. The van der Waals surface area contributed by atoms with Crippen LogP contribution in [0.15, 0.2) is 16.6 Å². The molecule has 0 radical (unpaired) electrons. The Morgan fingerprint density at radius 2 is 2.22 bits per heavy atom. The second-order valence-corrected chi connectivity index (χ2v) is 5.08. The zero-order chi connectivity index (χ0) is 13.0. The molecule has 4 nitrogen and oxygen atoms in total. The third-order valence-electron chi connectivity index (χ3n) is 2.95. The summed E-state index contributed by atoms with van der Waals surface area (Å²) in [7, 11) is 0. The first-order chi connectivity index (χ1) is 8.74. The van der Waals surface area contributed by atoms with Gasteiger partial charge in [-0.2, -0.15) is 0 Å². The van der Waals surface area contributed by atoms with Gasteiger partial charge in [0.2, 0.25) is 0 Å². The van der Waals surface area contributed by atoms with Crippen LogP contribution in [0.2, 0.25) is 0 Å². The fraction of sp³-hybridized carbons (Fsp3) is 0.385. The molecule has 96 valence electrons. The van der Waals surface area contributed by atoms with Gasteiger partial charge in [0.25, 0.3) is 0 Å². The van der Waals surface area contributed by atoms with Gasteiger partial charge in [-0.15, -0.1) is 0 Å². The Labute approximate surface area is 114 Å². The van der Waals surface area contributed by atoms with Crippen LogP contribution in [0.4, 0.5) is 5.69 Å². The largest absolute Gasteiger partial charge is 0.360 e. The second kappa shape index (κ2) is 6.11. The van der Waals surface area contributed by atoms with Crippen LogP contribution < -0.4 is 5.32 Å². The van der Waals surface area contributed by atoms with E-state index in [4.69, 9.17) is 10.1 Å². The lowest BCUT2D eigenvalue weighted by molar-refractivity contribution is 0.0343. The third kappa shape index (κ3) is 2.97. The molecule has 5 heteroatoms. The van der Waals surface area contributed by atoms with Crippen LogP contribution in [-0.2, 0) is 4.74 Å². The molecule has 1 heterocycles. The molecule has 1 aliphatic heterocycles. The highest BCUT2D eigenvalue weighted by Gasteiger charge is 2.15. The number of hydrogen-bond donors (Lipinski definition) is 2. The number of rotatable bonds is 4. The maximum absolute atomic E-state index is 10.9. The summed E-state index contributed by atoms with van der Waals surface area (Å²) in [6.45, 7) is 0.759. The standard InChI is InChI=1S/C13H15BrN2O2/c14-11-5-9(7-15)12(6-10(11)8-17)16-13-3-1-2-4-18-13/h5-8,13,15-16H,1-4H2. The molecule has 1 aromatic rings. The molecule has 0 amide bonds. The van der Waals surface area contributed by atoms with Crippen molar-refractivity contribution in [1.82, 2.24) is 0 Å². The molecule has 1 aliphatic rings. The van der Waals surface area contributed by atoms with E-state index in [1.165, 1.54) is 6.21 Å². The number of nitrogens with one attached hydrogen (secondary N) is 2. The van der Waals surface area contributed by atoms with Crippen molar-refractivity contribution in [3.63, 3.8) is 0 Å². The highest BCUT2D eigenvalue weighted by molar-refractivity contribution is 9.10. The quantitative estimate of drug-likeness (QED) is 0.663. The Bertz CT molecular complexity index is 457. The van der Waals surface area contributed by atoms with E-state index in [1.807, 2.05) is 0 Å². The van der Waals surface area contributed by atoms with Crippen LogP contribution in [0.5, 0.6) is 0 Å².